The molecular formula is C15H20N6. The van der Waals surface area contributed by atoms with Crippen LogP contribution in [0.15, 0.2) is 24.7 Å². The second kappa shape index (κ2) is 6.03. The van der Waals surface area contributed by atoms with Crippen LogP contribution >= 0.6 is 0 Å². The lowest BCUT2D eigenvalue weighted by Gasteiger charge is -2.32. The van der Waals surface area contributed by atoms with Crippen molar-refractivity contribution in [1.82, 2.24) is 19.9 Å². The van der Waals surface area contributed by atoms with Crippen LogP contribution in [0.2, 0.25) is 0 Å². The minimum Gasteiger partial charge on any atom is -0.373 e. The molecule has 0 amide bonds. The predicted octanol–water partition coefficient (Wildman–Crippen LogP) is 2.00. The van der Waals surface area contributed by atoms with Gasteiger partial charge in [0.15, 0.2) is 0 Å². The van der Waals surface area contributed by atoms with Gasteiger partial charge in [-0.25, -0.2) is 15.0 Å². The first kappa shape index (κ1) is 13.7. The molecule has 0 aliphatic carbocycles. The van der Waals surface area contributed by atoms with Crippen molar-refractivity contribution >= 4 is 11.6 Å². The molecule has 2 aromatic heterocycles. The smallest absolute Gasteiger partial charge is 0.147 e. The number of hydrogen-bond acceptors (Lipinski definition) is 6. The minimum absolute atomic E-state index is 0.492. The van der Waals surface area contributed by atoms with Crippen LogP contribution in [-0.2, 0) is 0 Å². The highest BCUT2D eigenvalue weighted by atomic mass is 15.2. The number of piperidine rings is 1. The molecule has 1 aliphatic rings. The number of aryl methyl sites for hydroxylation is 1. The summed E-state index contributed by atoms with van der Waals surface area (Å²) in [6.07, 6.45) is 7.44. The molecule has 1 fully saturated rings. The first-order chi connectivity index (χ1) is 10.3. The molecule has 1 saturated heterocycles. The van der Waals surface area contributed by atoms with Crippen molar-refractivity contribution in [2.24, 2.45) is 0 Å². The Morgan fingerprint density at radius 3 is 2.67 bits per heavy atom. The van der Waals surface area contributed by atoms with Crippen LogP contribution < -0.4 is 10.2 Å². The minimum atomic E-state index is 0.492. The van der Waals surface area contributed by atoms with Crippen LogP contribution in [-0.4, -0.2) is 40.1 Å². The average molecular weight is 284 g/mol. The van der Waals surface area contributed by atoms with E-state index in [9.17, 15) is 0 Å². The third-order valence-electron chi connectivity index (χ3n) is 3.90. The summed E-state index contributed by atoms with van der Waals surface area (Å²) in [4.78, 5) is 19.8. The van der Waals surface area contributed by atoms with Gasteiger partial charge in [-0.05, 0) is 19.8 Å². The molecule has 6 nitrogen and oxygen atoms in total. The molecule has 6 heteroatoms. The Balaban J connectivity index is 1.70. The van der Waals surface area contributed by atoms with Crippen molar-refractivity contribution < 1.29 is 0 Å². The summed E-state index contributed by atoms with van der Waals surface area (Å²) in [6.45, 7) is 3.92. The van der Waals surface area contributed by atoms with Crippen molar-refractivity contribution in [2.75, 3.05) is 30.4 Å². The molecule has 1 N–H and O–H groups in total. The van der Waals surface area contributed by atoms with Crippen molar-refractivity contribution in [1.29, 1.82) is 0 Å². The molecule has 0 aromatic carbocycles. The van der Waals surface area contributed by atoms with E-state index in [1.165, 1.54) is 0 Å². The highest BCUT2D eigenvalue weighted by molar-refractivity contribution is 5.38. The Bertz CT molecular complexity index is 592. The van der Waals surface area contributed by atoms with Gasteiger partial charge in [-0.1, -0.05) is 0 Å². The fourth-order valence-corrected chi connectivity index (χ4v) is 2.79. The van der Waals surface area contributed by atoms with Gasteiger partial charge in [0.1, 0.15) is 17.5 Å². The van der Waals surface area contributed by atoms with E-state index in [1.54, 1.807) is 12.4 Å². The zero-order valence-electron chi connectivity index (χ0n) is 12.5. The van der Waals surface area contributed by atoms with E-state index in [2.05, 4.69) is 36.2 Å². The molecule has 110 valence electrons. The molecule has 1 aliphatic heterocycles. The van der Waals surface area contributed by atoms with Crippen LogP contribution in [0.5, 0.6) is 0 Å². The first-order valence-corrected chi connectivity index (χ1v) is 7.30. The van der Waals surface area contributed by atoms with E-state index in [1.807, 2.05) is 20.2 Å². The maximum absolute atomic E-state index is 4.61. The molecule has 3 heterocycles. The van der Waals surface area contributed by atoms with Crippen molar-refractivity contribution in [2.45, 2.75) is 25.7 Å². The van der Waals surface area contributed by atoms with Gasteiger partial charge in [0.2, 0.25) is 0 Å². The summed E-state index contributed by atoms with van der Waals surface area (Å²) in [6, 6.07) is 2.07. The molecule has 0 bridgehead atoms. The Labute approximate surface area is 124 Å². The topological polar surface area (TPSA) is 66.8 Å². The van der Waals surface area contributed by atoms with Crippen LogP contribution in [0, 0.1) is 6.92 Å². The van der Waals surface area contributed by atoms with Crippen molar-refractivity contribution in [3.8, 4) is 0 Å². The number of rotatable bonds is 3. The van der Waals surface area contributed by atoms with E-state index in [0.717, 1.165) is 49.1 Å². The van der Waals surface area contributed by atoms with Crippen LogP contribution in [0.25, 0.3) is 0 Å². The lowest BCUT2D eigenvalue weighted by Crippen LogP contribution is -2.33. The Morgan fingerprint density at radius 1 is 1.19 bits per heavy atom. The first-order valence-electron chi connectivity index (χ1n) is 7.30. The summed E-state index contributed by atoms with van der Waals surface area (Å²) in [7, 11) is 1.89. The van der Waals surface area contributed by atoms with E-state index in [4.69, 9.17) is 0 Å². The van der Waals surface area contributed by atoms with Gasteiger partial charge in [-0.15, -0.1) is 0 Å². The Morgan fingerprint density at radius 2 is 2.00 bits per heavy atom. The second-order valence-electron chi connectivity index (χ2n) is 5.30. The Hall–Kier alpha value is -2.24. The number of aromatic nitrogens is 4. The molecule has 0 saturated carbocycles. The number of nitrogens with zero attached hydrogens (tertiary/aromatic N) is 5. The van der Waals surface area contributed by atoms with Crippen LogP contribution in [0.1, 0.15) is 30.3 Å². The highest BCUT2D eigenvalue weighted by Crippen LogP contribution is 2.29. The van der Waals surface area contributed by atoms with Gasteiger partial charge in [0.25, 0.3) is 0 Å². The van der Waals surface area contributed by atoms with E-state index >= 15 is 0 Å². The van der Waals surface area contributed by atoms with Gasteiger partial charge in [-0.3, -0.25) is 4.98 Å². The predicted molar refractivity (Wildman–Crippen MR) is 82.5 cm³/mol. The summed E-state index contributed by atoms with van der Waals surface area (Å²) in [5.41, 5.74) is 1.14. The zero-order valence-corrected chi connectivity index (χ0v) is 12.5. The molecule has 0 spiro atoms. The third-order valence-corrected chi connectivity index (χ3v) is 3.90. The third kappa shape index (κ3) is 3.09. The molecule has 21 heavy (non-hydrogen) atoms. The summed E-state index contributed by atoms with van der Waals surface area (Å²) in [5.74, 6) is 3.18. The van der Waals surface area contributed by atoms with E-state index in [0.29, 0.717) is 5.92 Å². The summed E-state index contributed by atoms with van der Waals surface area (Å²) in [5, 5.41) is 3.10. The second-order valence-corrected chi connectivity index (χ2v) is 5.30. The normalized spacial score (nSPS) is 16.0. The number of nitrogens with one attached hydrogen (secondary N) is 1. The number of anilines is 2. The standard InChI is InChI=1S/C15H20N6/c1-11-19-13(9-14(16-2)20-11)12-3-7-21(8-4-12)15-10-17-5-6-18-15/h5-6,9-10,12H,3-4,7-8H2,1-2H3,(H,16,19,20). The monoisotopic (exact) mass is 284 g/mol. The molecule has 0 atom stereocenters. The van der Waals surface area contributed by atoms with E-state index in [-0.39, 0.29) is 0 Å². The lowest BCUT2D eigenvalue weighted by molar-refractivity contribution is 0.492. The van der Waals surface area contributed by atoms with Crippen LogP contribution in [0.4, 0.5) is 11.6 Å². The van der Waals surface area contributed by atoms with E-state index < -0.39 is 0 Å². The van der Waals surface area contributed by atoms with Gasteiger partial charge in [-0.2, -0.15) is 0 Å². The van der Waals surface area contributed by atoms with Gasteiger partial charge >= 0.3 is 0 Å². The molecule has 2 aromatic rings. The van der Waals surface area contributed by atoms with Gasteiger partial charge < -0.3 is 10.2 Å². The summed E-state index contributed by atoms with van der Waals surface area (Å²) < 4.78 is 0. The van der Waals surface area contributed by atoms with Gasteiger partial charge in [0.05, 0.1) is 6.20 Å². The fraction of sp³-hybridized carbons (Fsp3) is 0.467. The molecule has 3 rings (SSSR count). The molecular weight excluding hydrogens is 264 g/mol. The zero-order chi connectivity index (χ0) is 14.7. The maximum atomic E-state index is 4.61. The SMILES string of the molecule is CNc1cc(C2CCN(c3cnccn3)CC2)nc(C)n1. The van der Waals surface area contributed by atoms with Crippen molar-refractivity contribution in [3.05, 3.63) is 36.2 Å². The average Bonchev–Trinajstić information content (AvgIpc) is 2.55. The molecule has 0 radical (unpaired) electrons. The maximum Gasteiger partial charge on any atom is 0.147 e. The Kier molecular flexibility index (Phi) is 3.94. The number of hydrogen-bond donors (Lipinski definition) is 1. The van der Waals surface area contributed by atoms with Crippen molar-refractivity contribution in [3.63, 3.8) is 0 Å². The highest BCUT2D eigenvalue weighted by Gasteiger charge is 2.23. The fourth-order valence-electron chi connectivity index (χ4n) is 2.79. The quantitative estimate of drug-likeness (QED) is 0.930. The lowest BCUT2D eigenvalue weighted by atomic mass is 9.93. The van der Waals surface area contributed by atoms with Gasteiger partial charge in [0, 0.05) is 50.2 Å². The molecule has 0 unspecified atom stereocenters. The summed E-state index contributed by atoms with van der Waals surface area (Å²) >= 11 is 0. The van der Waals surface area contributed by atoms with Crippen LogP contribution in [0.3, 0.4) is 0 Å². The largest absolute Gasteiger partial charge is 0.373 e.